The van der Waals surface area contributed by atoms with Crippen LogP contribution in [0.2, 0.25) is 0 Å². The Hall–Kier alpha value is -2.94. The summed E-state index contributed by atoms with van der Waals surface area (Å²) in [5, 5.41) is 12.8. The van der Waals surface area contributed by atoms with Crippen LogP contribution in [0.25, 0.3) is 0 Å². The molecule has 1 aromatic carbocycles. The summed E-state index contributed by atoms with van der Waals surface area (Å²) in [7, 11) is -3.29. The van der Waals surface area contributed by atoms with Crippen LogP contribution in [-0.2, 0) is 16.4 Å². The lowest BCUT2D eigenvalue weighted by Gasteiger charge is -2.12. The maximum absolute atomic E-state index is 11.9. The highest BCUT2D eigenvalue weighted by Crippen LogP contribution is 2.19. The van der Waals surface area contributed by atoms with Crippen molar-refractivity contribution in [2.75, 3.05) is 16.9 Å². The van der Waals surface area contributed by atoms with E-state index in [4.69, 9.17) is 0 Å². The summed E-state index contributed by atoms with van der Waals surface area (Å²) in [6.45, 7) is 2.22. The van der Waals surface area contributed by atoms with E-state index >= 15 is 0 Å². The number of anilines is 3. The average molecular weight is 358 g/mol. The second-order valence-electron chi connectivity index (χ2n) is 5.57. The monoisotopic (exact) mass is 358 g/mol. The molecule has 0 amide bonds. The highest BCUT2D eigenvalue weighted by molar-refractivity contribution is 7.90. The predicted octanol–water partition coefficient (Wildman–Crippen LogP) is 2.27. The fourth-order valence-corrected chi connectivity index (χ4v) is 3.26. The summed E-state index contributed by atoms with van der Waals surface area (Å²) in [5.74, 6) is 1.05. The fraction of sp³-hybridized carbons (Fsp3) is 0.188. The van der Waals surface area contributed by atoms with Crippen LogP contribution in [-0.4, -0.2) is 34.8 Å². The van der Waals surface area contributed by atoms with Crippen LogP contribution in [0.15, 0.2) is 47.8 Å². The molecule has 25 heavy (non-hydrogen) atoms. The number of nitrogens with one attached hydrogen (secondary N) is 3. The van der Waals surface area contributed by atoms with Gasteiger partial charge in [0.1, 0.15) is 5.82 Å². The van der Waals surface area contributed by atoms with Gasteiger partial charge in [0.25, 0.3) is 0 Å². The minimum absolute atomic E-state index is 0.311. The van der Waals surface area contributed by atoms with Crippen molar-refractivity contribution >= 4 is 27.3 Å². The van der Waals surface area contributed by atoms with Crippen molar-refractivity contribution in [1.29, 1.82) is 0 Å². The number of rotatable bonds is 6. The van der Waals surface area contributed by atoms with Crippen molar-refractivity contribution in [3.8, 4) is 0 Å². The standard InChI is InChI=1S/C16H18N6O2S/c1-11-7-18-16(21-13-9-19-20-10-13)22-15(11)17-8-12-5-3-4-6-14(12)25(2,23)24/h3-7,9-10H,8H2,1-2H3,(H,19,20)(H2,17,18,21,22). The lowest BCUT2D eigenvalue weighted by molar-refractivity contribution is 0.601. The highest BCUT2D eigenvalue weighted by atomic mass is 32.2. The molecule has 8 nitrogen and oxygen atoms in total. The molecule has 0 radical (unpaired) electrons. The molecule has 130 valence electrons. The van der Waals surface area contributed by atoms with E-state index in [0.717, 1.165) is 11.3 Å². The van der Waals surface area contributed by atoms with Gasteiger partial charge in [-0.3, -0.25) is 5.10 Å². The van der Waals surface area contributed by atoms with E-state index in [9.17, 15) is 8.42 Å². The van der Waals surface area contributed by atoms with Crippen molar-refractivity contribution < 1.29 is 8.42 Å². The van der Waals surface area contributed by atoms with Crippen molar-refractivity contribution in [3.05, 3.63) is 54.0 Å². The van der Waals surface area contributed by atoms with E-state index in [1.54, 1.807) is 36.8 Å². The lowest BCUT2D eigenvalue weighted by Crippen LogP contribution is -2.09. The Bertz CT molecular complexity index is 970. The third-order valence-corrected chi connectivity index (χ3v) is 4.74. The Balaban J connectivity index is 1.80. The van der Waals surface area contributed by atoms with Gasteiger partial charge >= 0.3 is 0 Å². The zero-order valence-electron chi connectivity index (χ0n) is 13.8. The van der Waals surface area contributed by atoms with E-state index in [1.807, 2.05) is 13.0 Å². The molecule has 0 fully saturated rings. The van der Waals surface area contributed by atoms with Crippen LogP contribution in [0.1, 0.15) is 11.1 Å². The normalized spacial score (nSPS) is 11.3. The molecule has 2 aromatic heterocycles. The Labute approximate surface area is 145 Å². The molecule has 3 rings (SSSR count). The maximum atomic E-state index is 11.9. The van der Waals surface area contributed by atoms with Gasteiger partial charge in [0.2, 0.25) is 5.95 Å². The first kappa shape index (κ1) is 16.9. The van der Waals surface area contributed by atoms with Crippen molar-refractivity contribution in [2.45, 2.75) is 18.4 Å². The molecule has 0 saturated heterocycles. The van der Waals surface area contributed by atoms with Gasteiger partial charge in [-0.25, -0.2) is 13.4 Å². The zero-order chi connectivity index (χ0) is 17.9. The number of hydrogen-bond acceptors (Lipinski definition) is 7. The van der Waals surface area contributed by atoms with E-state index < -0.39 is 9.84 Å². The molecule has 0 aliphatic heterocycles. The number of H-pyrrole nitrogens is 1. The van der Waals surface area contributed by atoms with Gasteiger partial charge in [0, 0.05) is 30.8 Å². The number of hydrogen-bond donors (Lipinski definition) is 3. The minimum Gasteiger partial charge on any atom is -0.366 e. The smallest absolute Gasteiger partial charge is 0.229 e. The lowest BCUT2D eigenvalue weighted by atomic mass is 10.2. The van der Waals surface area contributed by atoms with Crippen LogP contribution in [0.5, 0.6) is 0 Å². The molecular formula is C16H18N6O2S. The first-order valence-corrected chi connectivity index (χ1v) is 9.44. The van der Waals surface area contributed by atoms with E-state index in [2.05, 4.69) is 30.8 Å². The molecule has 3 aromatic rings. The Morgan fingerprint density at radius 1 is 1.20 bits per heavy atom. The molecular weight excluding hydrogens is 340 g/mol. The van der Waals surface area contributed by atoms with Gasteiger partial charge in [-0.2, -0.15) is 10.1 Å². The van der Waals surface area contributed by atoms with Crippen LogP contribution in [0.4, 0.5) is 17.5 Å². The Kier molecular flexibility index (Phi) is 4.66. The van der Waals surface area contributed by atoms with Crippen molar-refractivity contribution in [2.24, 2.45) is 0 Å². The number of sulfone groups is 1. The third kappa shape index (κ3) is 4.13. The SMILES string of the molecule is Cc1cnc(Nc2cn[nH]c2)nc1NCc1ccccc1S(C)(=O)=O. The van der Waals surface area contributed by atoms with Crippen LogP contribution in [0, 0.1) is 6.92 Å². The quantitative estimate of drug-likeness (QED) is 0.619. The number of nitrogens with zero attached hydrogens (tertiary/aromatic N) is 3. The molecule has 0 bridgehead atoms. The van der Waals surface area contributed by atoms with Gasteiger partial charge in [0.15, 0.2) is 9.84 Å². The third-order valence-electron chi connectivity index (χ3n) is 3.54. The van der Waals surface area contributed by atoms with E-state index in [1.165, 1.54) is 6.26 Å². The molecule has 0 atom stereocenters. The van der Waals surface area contributed by atoms with Gasteiger partial charge in [0.05, 0.1) is 16.8 Å². The molecule has 0 unspecified atom stereocenters. The number of benzene rings is 1. The van der Waals surface area contributed by atoms with Gasteiger partial charge in [-0.15, -0.1) is 0 Å². The van der Waals surface area contributed by atoms with Crippen LogP contribution in [0.3, 0.4) is 0 Å². The van der Waals surface area contributed by atoms with E-state index in [-0.39, 0.29) is 0 Å². The summed E-state index contributed by atoms with van der Waals surface area (Å²) < 4.78 is 23.8. The van der Waals surface area contributed by atoms with Gasteiger partial charge < -0.3 is 10.6 Å². The topological polar surface area (TPSA) is 113 Å². The Morgan fingerprint density at radius 3 is 2.72 bits per heavy atom. The molecule has 0 aliphatic rings. The zero-order valence-corrected chi connectivity index (χ0v) is 14.6. The second kappa shape index (κ2) is 6.89. The van der Waals surface area contributed by atoms with E-state index in [0.29, 0.717) is 28.8 Å². The number of aromatic nitrogens is 4. The second-order valence-corrected chi connectivity index (χ2v) is 7.55. The largest absolute Gasteiger partial charge is 0.366 e. The summed E-state index contributed by atoms with van der Waals surface area (Å²) in [6.07, 6.45) is 6.21. The molecule has 0 saturated carbocycles. The summed E-state index contributed by atoms with van der Waals surface area (Å²) in [5.41, 5.74) is 2.29. The summed E-state index contributed by atoms with van der Waals surface area (Å²) >= 11 is 0. The Morgan fingerprint density at radius 2 is 2.00 bits per heavy atom. The minimum atomic E-state index is -3.29. The summed E-state index contributed by atoms with van der Waals surface area (Å²) in [4.78, 5) is 8.97. The molecule has 0 spiro atoms. The average Bonchev–Trinajstić information content (AvgIpc) is 3.08. The number of aryl methyl sites for hydroxylation is 1. The molecule has 9 heteroatoms. The molecule has 0 aliphatic carbocycles. The first-order chi connectivity index (χ1) is 11.9. The van der Waals surface area contributed by atoms with Gasteiger partial charge in [-0.05, 0) is 18.6 Å². The maximum Gasteiger partial charge on any atom is 0.229 e. The highest BCUT2D eigenvalue weighted by Gasteiger charge is 2.13. The predicted molar refractivity (Wildman–Crippen MR) is 95.5 cm³/mol. The summed E-state index contributed by atoms with van der Waals surface area (Å²) in [6, 6.07) is 6.91. The van der Waals surface area contributed by atoms with Crippen molar-refractivity contribution in [3.63, 3.8) is 0 Å². The molecule has 2 heterocycles. The number of aromatic amines is 1. The van der Waals surface area contributed by atoms with Crippen LogP contribution >= 0.6 is 0 Å². The fourth-order valence-electron chi connectivity index (χ4n) is 2.32. The van der Waals surface area contributed by atoms with Crippen molar-refractivity contribution in [1.82, 2.24) is 20.2 Å². The van der Waals surface area contributed by atoms with Crippen LogP contribution < -0.4 is 10.6 Å². The van der Waals surface area contributed by atoms with Gasteiger partial charge in [-0.1, -0.05) is 18.2 Å². The molecule has 3 N–H and O–H groups in total. The first-order valence-electron chi connectivity index (χ1n) is 7.55.